The SMILES string of the molecule is CN1C(=O)[C@@](CCC2CCCCC2)(C[C@H]2CCCC(C=[N+]=CC3CCNC3=O)C2)N=C1N. The Bertz CT molecular complexity index is 796. The van der Waals surface area contributed by atoms with Crippen molar-refractivity contribution in [3.63, 3.8) is 0 Å². The van der Waals surface area contributed by atoms with E-state index in [-0.39, 0.29) is 17.7 Å². The maximum Gasteiger partial charge on any atom is 0.281 e. The van der Waals surface area contributed by atoms with Crippen LogP contribution in [0.15, 0.2) is 4.99 Å². The number of carbonyl (C=O) groups is 2. The third kappa shape index (κ3) is 5.25. The summed E-state index contributed by atoms with van der Waals surface area (Å²) in [6.07, 6.45) is 18.4. The van der Waals surface area contributed by atoms with Crippen LogP contribution in [0.5, 0.6) is 0 Å². The second-order valence-electron chi connectivity index (χ2n) is 10.5. The van der Waals surface area contributed by atoms with Crippen LogP contribution in [0.25, 0.3) is 0 Å². The minimum atomic E-state index is -0.673. The number of nitrogens with two attached hydrogens (primary N) is 1. The number of amides is 2. The van der Waals surface area contributed by atoms with Crippen molar-refractivity contribution in [2.45, 2.75) is 89.0 Å². The number of guanidine groups is 1. The van der Waals surface area contributed by atoms with Gasteiger partial charge in [-0.25, -0.2) is 4.99 Å². The zero-order valence-corrected chi connectivity index (χ0v) is 19.6. The van der Waals surface area contributed by atoms with E-state index in [2.05, 4.69) is 9.98 Å². The van der Waals surface area contributed by atoms with Gasteiger partial charge in [-0.05, 0) is 50.4 Å². The molecular weight excluding hydrogens is 402 g/mol. The van der Waals surface area contributed by atoms with Gasteiger partial charge in [-0.1, -0.05) is 44.9 Å². The van der Waals surface area contributed by atoms with Crippen molar-refractivity contribution in [2.24, 2.45) is 34.4 Å². The Morgan fingerprint density at radius 2 is 1.88 bits per heavy atom. The summed E-state index contributed by atoms with van der Waals surface area (Å²) in [5, 5.41) is 2.85. The number of hydrogen-bond acceptors (Lipinski definition) is 4. The zero-order chi connectivity index (χ0) is 22.6. The van der Waals surface area contributed by atoms with Crippen LogP contribution in [0.2, 0.25) is 0 Å². The fourth-order valence-electron chi connectivity index (χ4n) is 6.24. The number of hydrogen-bond donors (Lipinski definition) is 2. The molecule has 4 aliphatic rings. The van der Waals surface area contributed by atoms with E-state index in [9.17, 15) is 9.59 Å². The van der Waals surface area contributed by atoms with E-state index >= 15 is 0 Å². The fraction of sp³-hybridized carbons (Fsp3) is 0.800. The molecule has 3 N–H and O–H groups in total. The second kappa shape index (κ2) is 10.2. The van der Waals surface area contributed by atoms with Gasteiger partial charge in [0.25, 0.3) is 18.3 Å². The van der Waals surface area contributed by atoms with Crippen LogP contribution >= 0.6 is 0 Å². The third-order valence-electron chi connectivity index (χ3n) is 8.17. The molecule has 176 valence electrons. The molecule has 0 aromatic carbocycles. The third-order valence-corrected chi connectivity index (χ3v) is 8.17. The second-order valence-corrected chi connectivity index (χ2v) is 10.5. The highest BCUT2D eigenvalue weighted by Gasteiger charge is 2.48. The molecule has 0 aromatic heterocycles. The number of rotatable bonds is 7. The van der Waals surface area contributed by atoms with Gasteiger partial charge in [0.1, 0.15) is 11.5 Å². The summed E-state index contributed by atoms with van der Waals surface area (Å²) in [5.41, 5.74) is 5.45. The topological polar surface area (TPSA) is 102 Å². The van der Waals surface area contributed by atoms with Crippen molar-refractivity contribution < 1.29 is 9.59 Å². The number of carbonyl (C=O) groups excluding carboxylic acids is 2. The van der Waals surface area contributed by atoms with Crippen LogP contribution < -0.4 is 15.7 Å². The highest BCUT2D eigenvalue weighted by molar-refractivity contribution is 6.06. The molecule has 7 heteroatoms. The van der Waals surface area contributed by atoms with Gasteiger partial charge in [0.15, 0.2) is 5.96 Å². The fourth-order valence-corrected chi connectivity index (χ4v) is 6.24. The Labute approximate surface area is 192 Å². The van der Waals surface area contributed by atoms with Gasteiger partial charge < -0.3 is 11.1 Å². The Hall–Kier alpha value is -2.14. The lowest BCUT2D eigenvalue weighted by molar-refractivity contribution is -0.131. The first-order valence-corrected chi connectivity index (χ1v) is 12.7. The van der Waals surface area contributed by atoms with Crippen molar-refractivity contribution in [1.82, 2.24) is 14.9 Å². The van der Waals surface area contributed by atoms with Gasteiger partial charge in [0.2, 0.25) is 5.91 Å². The molecule has 2 aliphatic heterocycles. The van der Waals surface area contributed by atoms with E-state index in [1.165, 1.54) is 32.1 Å². The maximum atomic E-state index is 13.3. The molecule has 2 saturated carbocycles. The van der Waals surface area contributed by atoms with Crippen molar-refractivity contribution >= 4 is 30.2 Å². The van der Waals surface area contributed by atoms with Crippen LogP contribution in [-0.2, 0) is 9.59 Å². The minimum absolute atomic E-state index is 0.0854. The molecule has 7 nitrogen and oxygen atoms in total. The van der Waals surface area contributed by atoms with Gasteiger partial charge in [-0.3, -0.25) is 14.5 Å². The standard InChI is InChI=1S/C25H39N5O2/c1-30-23(32)25(29-24(30)26,12-10-18-6-3-2-4-7-18)15-19-8-5-9-20(14-19)16-27-17-21-11-13-28-22(21)31/h16-21H,2-15H2,1H3,(H2-,26,28,29,31)/p+1/t19-,20?,21?,25+/m0/s1. The van der Waals surface area contributed by atoms with Crippen molar-refractivity contribution in [2.75, 3.05) is 13.6 Å². The van der Waals surface area contributed by atoms with Crippen LogP contribution in [-0.4, -0.2) is 54.2 Å². The first-order chi connectivity index (χ1) is 15.5. The molecule has 3 fully saturated rings. The van der Waals surface area contributed by atoms with Gasteiger partial charge in [0.05, 0.1) is 5.92 Å². The van der Waals surface area contributed by atoms with E-state index in [0.717, 1.165) is 63.8 Å². The highest BCUT2D eigenvalue weighted by atomic mass is 16.2. The van der Waals surface area contributed by atoms with Crippen molar-refractivity contribution in [1.29, 1.82) is 0 Å². The summed E-state index contributed by atoms with van der Waals surface area (Å²) in [6, 6.07) is 0. The Morgan fingerprint density at radius 1 is 1.09 bits per heavy atom. The summed E-state index contributed by atoms with van der Waals surface area (Å²) >= 11 is 0. The number of likely N-dealkylation sites (N-methyl/N-ethyl adjacent to an activating group) is 1. The predicted molar refractivity (Wildman–Crippen MR) is 128 cm³/mol. The lowest BCUT2D eigenvalue weighted by Gasteiger charge is -2.34. The summed E-state index contributed by atoms with van der Waals surface area (Å²) in [5.74, 6) is 2.04. The largest absolute Gasteiger partial charge is 0.369 e. The van der Waals surface area contributed by atoms with Crippen LogP contribution in [0.1, 0.15) is 83.5 Å². The first kappa shape index (κ1) is 23.0. The molecule has 0 aromatic rings. The van der Waals surface area contributed by atoms with E-state index in [1.54, 1.807) is 18.2 Å². The predicted octanol–water partition coefficient (Wildman–Crippen LogP) is 2.41. The maximum absolute atomic E-state index is 13.3. The molecule has 4 rings (SSSR count). The summed E-state index contributed by atoms with van der Waals surface area (Å²) < 4.78 is 4.51. The zero-order valence-electron chi connectivity index (χ0n) is 19.6. The van der Waals surface area contributed by atoms with Crippen molar-refractivity contribution in [3.8, 4) is 0 Å². The molecule has 4 atom stereocenters. The van der Waals surface area contributed by atoms with E-state index in [1.807, 2.05) is 6.21 Å². The van der Waals surface area contributed by atoms with Gasteiger partial charge in [-0.2, -0.15) is 0 Å². The summed E-state index contributed by atoms with van der Waals surface area (Å²) in [6.45, 7) is 0.746. The Kier molecular flexibility index (Phi) is 7.34. The van der Waals surface area contributed by atoms with Crippen LogP contribution in [0.4, 0.5) is 0 Å². The number of aliphatic imine (C=N–C) groups is 1. The van der Waals surface area contributed by atoms with Gasteiger partial charge in [-0.15, -0.1) is 4.67 Å². The molecule has 2 aliphatic carbocycles. The van der Waals surface area contributed by atoms with Gasteiger partial charge in [0, 0.05) is 13.6 Å². The van der Waals surface area contributed by atoms with E-state index < -0.39 is 5.54 Å². The normalized spacial score (nSPS) is 33.6. The molecule has 1 saturated heterocycles. The molecule has 2 unspecified atom stereocenters. The average molecular weight is 443 g/mol. The molecular formula is C25H40N5O2+. The molecule has 2 heterocycles. The van der Waals surface area contributed by atoms with Crippen molar-refractivity contribution in [3.05, 3.63) is 0 Å². The quantitative estimate of drug-likeness (QED) is 0.467. The summed E-state index contributed by atoms with van der Waals surface area (Å²) in [4.78, 5) is 31.4. The minimum Gasteiger partial charge on any atom is -0.369 e. The number of nitrogens with zero attached hydrogens (tertiary/aromatic N) is 3. The van der Waals surface area contributed by atoms with E-state index in [4.69, 9.17) is 10.7 Å². The van der Waals surface area contributed by atoms with Gasteiger partial charge >= 0.3 is 0 Å². The molecule has 0 bridgehead atoms. The first-order valence-electron chi connectivity index (χ1n) is 12.7. The number of nitrogens with one attached hydrogen (secondary N) is 1. The highest BCUT2D eigenvalue weighted by Crippen LogP contribution is 2.41. The molecule has 0 radical (unpaired) electrons. The smallest absolute Gasteiger partial charge is 0.281 e. The molecule has 0 spiro atoms. The monoisotopic (exact) mass is 442 g/mol. The summed E-state index contributed by atoms with van der Waals surface area (Å²) in [7, 11) is 1.76. The molecule has 32 heavy (non-hydrogen) atoms. The van der Waals surface area contributed by atoms with Crippen LogP contribution in [0, 0.1) is 23.7 Å². The lowest BCUT2D eigenvalue weighted by Crippen LogP contribution is -2.44. The Balaban J connectivity index is 1.40. The molecule has 2 amide bonds. The average Bonchev–Trinajstić information content (AvgIpc) is 3.30. The lowest BCUT2D eigenvalue weighted by atomic mass is 9.73. The Morgan fingerprint density at radius 3 is 2.56 bits per heavy atom. The van der Waals surface area contributed by atoms with E-state index in [0.29, 0.717) is 17.8 Å². The van der Waals surface area contributed by atoms with Crippen LogP contribution in [0.3, 0.4) is 0 Å².